The average molecular weight is 330 g/mol. The summed E-state index contributed by atoms with van der Waals surface area (Å²) in [6, 6.07) is 10.9. The van der Waals surface area contributed by atoms with Gasteiger partial charge in [-0.25, -0.2) is 0 Å². The predicted octanol–water partition coefficient (Wildman–Crippen LogP) is 3.48. The number of rotatable bonds is 2. The Balaban J connectivity index is 2.02. The lowest BCUT2D eigenvalue weighted by Crippen LogP contribution is -2.04. The smallest absolute Gasteiger partial charge is 0.228 e. The zero-order valence-electron chi connectivity index (χ0n) is 10.9. The van der Waals surface area contributed by atoms with Crippen LogP contribution < -0.4 is 5.32 Å². The number of benzene rings is 2. The topological polar surface area (TPSA) is 46.2 Å². The molecule has 0 unspecified atom stereocenters. The quantitative estimate of drug-likeness (QED) is 0.857. The molecule has 1 amide bonds. The van der Waals surface area contributed by atoms with Crippen LogP contribution in [0.15, 0.2) is 40.9 Å². The third-order valence-corrected chi connectivity index (χ3v) is 4.36. The minimum atomic E-state index is -0.0248. The van der Waals surface area contributed by atoms with Crippen molar-refractivity contribution in [3.8, 4) is 0 Å². The molecule has 0 spiro atoms. The van der Waals surface area contributed by atoms with E-state index in [1.54, 1.807) is 18.2 Å². The van der Waals surface area contributed by atoms with Crippen molar-refractivity contribution in [1.82, 2.24) is 0 Å². The molecular formula is C16H12BrNO2. The summed E-state index contributed by atoms with van der Waals surface area (Å²) >= 11 is 3.44. The van der Waals surface area contributed by atoms with Crippen molar-refractivity contribution in [3.05, 3.63) is 63.1 Å². The number of ketones is 1. The van der Waals surface area contributed by atoms with Gasteiger partial charge in [-0.3, -0.25) is 9.59 Å². The van der Waals surface area contributed by atoms with Crippen LogP contribution in [-0.4, -0.2) is 11.7 Å². The van der Waals surface area contributed by atoms with Crippen LogP contribution in [0, 0.1) is 6.92 Å². The van der Waals surface area contributed by atoms with E-state index in [2.05, 4.69) is 21.2 Å². The van der Waals surface area contributed by atoms with Crippen molar-refractivity contribution in [2.45, 2.75) is 13.3 Å². The first-order valence-electron chi connectivity index (χ1n) is 6.29. The maximum absolute atomic E-state index is 12.6. The summed E-state index contributed by atoms with van der Waals surface area (Å²) < 4.78 is 0.918. The van der Waals surface area contributed by atoms with Gasteiger partial charge in [0.25, 0.3) is 0 Å². The number of amides is 1. The van der Waals surface area contributed by atoms with Crippen LogP contribution in [0.3, 0.4) is 0 Å². The van der Waals surface area contributed by atoms with Crippen LogP contribution >= 0.6 is 15.9 Å². The lowest BCUT2D eigenvalue weighted by Gasteiger charge is -2.08. The molecule has 3 rings (SSSR count). The number of halogens is 1. The van der Waals surface area contributed by atoms with E-state index in [9.17, 15) is 9.59 Å². The predicted molar refractivity (Wildman–Crippen MR) is 81.1 cm³/mol. The third kappa shape index (κ3) is 2.16. The molecular weight excluding hydrogens is 318 g/mol. The highest BCUT2D eigenvalue weighted by Gasteiger charge is 2.20. The van der Waals surface area contributed by atoms with E-state index < -0.39 is 0 Å². The fourth-order valence-electron chi connectivity index (χ4n) is 2.38. The van der Waals surface area contributed by atoms with Crippen molar-refractivity contribution in [2.75, 3.05) is 5.32 Å². The second-order valence-corrected chi connectivity index (χ2v) is 5.69. The molecule has 2 aromatic carbocycles. The molecule has 0 aliphatic carbocycles. The van der Waals surface area contributed by atoms with Crippen LogP contribution in [0.5, 0.6) is 0 Å². The molecule has 0 fully saturated rings. The van der Waals surface area contributed by atoms with E-state index in [1.165, 1.54) is 0 Å². The summed E-state index contributed by atoms with van der Waals surface area (Å²) in [5.41, 5.74) is 3.90. The van der Waals surface area contributed by atoms with Gasteiger partial charge in [-0.2, -0.15) is 0 Å². The second kappa shape index (κ2) is 4.87. The molecule has 100 valence electrons. The van der Waals surface area contributed by atoms with Crippen LogP contribution in [0.2, 0.25) is 0 Å². The maximum atomic E-state index is 12.6. The lowest BCUT2D eigenvalue weighted by molar-refractivity contribution is -0.115. The number of anilines is 1. The van der Waals surface area contributed by atoms with E-state index in [4.69, 9.17) is 0 Å². The largest absolute Gasteiger partial charge is 0.326 e. The molecule has 0 saturated heterocycles. The summed E-state index contributed by atoms with van der Waals surface area (Å²) in [6.07, 6.45) is 0.341. The van der Waals surface area contributed by atoms with E-state index in [1.807, 2.05) is 25.1 Å². The minimum Gasteiger partial charge on any atom is -0.326 e. The molecule has 0 radical (unpaired) electrons. The number of carbonyl (C=O) groups excluding carboxylic acids is 2. The molecule has 0 bridgehead atoms. The van der Waals surface area contributed by atoms with Crippen molar-refractivity contribution in [3.63, 3.8) is 0 Å². The summed E-state index contributed by atoms with van der Waals surface area (Å²) in [7, 11) is 0. The highest BCUT2D eigenvalue weighted by atomic mass is 79.9. The summed E-state index contributed by atoms with van der Waals surface area (Å²) in [6.45, 7) is 1.91. The van der Waals surface area contributed by atoms with Gasteiger partial charge in [-0.1, -0.05) is 28.1 Å². The number of nitrogens with one attached hydrogen (secondary N) is 1. The Bertz CT molecular complexity index is 737. The van der Waals surface area contributed by atoms with E-state index >= 15 is 0 Å². The van der Waals surface area contributed by atoms with E-state index in [0.717, 1.165) is 21.3 Å². The zero-order chi connectivity index (χ0) is 14.3. The van der Waals surface area contributed by atoms with Gasteiger partial charge in [-0.15, -0.1) is 0 Å². The van der Waals surface area contributed by atoms with Gasteiger partial charge < -0.3 is 5.32 Å². The Morgan fingerprint density at radius 1 is 1.25 bits per heavy atom. The standard InChI is InChI=1S/C16H12BrNO2/c1-9-12(3-2-4-13(9)17)16(20)10-5-6-14-11(7-10)8-15(19)18-14/h2-7H,8H2,1H3,(H,18,19). The van der Waals surface area contributed by atoms with Crippen molar-refractivity contribution >= 4 is 33.3 Å². The molecule has 0 saturated carbocycles. The van der Waals surface area contributed by atoms with Gasteiger partial charge in [0.2, 0.25) is 5.91 Å². The summed E-state index contributed by atoms with van der Waals surface area (Å²) in [5, 5.41) is 2.77. The Hall–Kier alpha value is -1.94. The van der Waals surface area contributed by atoms with Gasteiger partial charge in [0.15, 0.2) is 5.78 Å². The molecule has 1 aliphatic rings. The molecule has 4 heteroatoms. The average Bonchev–Trinajstić information content (AvgIpc) is 2.80. The first-order chi connectivity index (χ1) is 9.56. The zero-order valence-corrected chi connectivity index (χ0v) is 12.5. The number of hydrogen-bond donors (Lipinski definition) is 1. The monoisotopic (exact) mass is 329 g/mol. The van der Waals surface area contributed by atoms with Gasteiger partial charge in [0.1, 0.15) is 0 Å². The Kier molecular flexibility index (Phi) is 3.18. The number of fused-ring (bicyclic) bond motifs is 1. The molecule has 2 aromatic rings. The molecule has 0 atom stereocenters. The summed E-state index contributed by atoms with van der Waals surface area (Å²) in [5.74, 6) is -0.0471. The highest BCUT2D eigenvalue weighted by molar-refractivity contribution is 9.10. The molecule has 1 heterocycles. The molecule has 1 N–H and O–H groups in total. The van der Waals surface area contributed by atoms with Crippen molar-refractivity contribution in [2.24, 2.45) is 0 Å². The van der Waals surface area contributed by atoms with E-state index in [0.29, 0.717) is 17.5 Å². The van der Waals surface area contributed by atoms with Crippen molar-refractivity contribution < 1.29 is 9.59 Å². The van der Waals surface area contributed by atoms with Crippen LogP contribution in [0.1, 0.15) is 27.0 Å². The fourth-order valence-corrected chi connectivity index (χ4v) is 2.75. The number of carbonyl (C=O) groups is 2. The molecule has 0 aromatic heterocycles. The summed E-state index contributed by atoms with van der Waals surface area (Å²) in [4.78, 5) is 23.9. The van der Waals surface area contributed by atoms with Gasteiger partial charge >= 0.3 is 0 Å². The Labute approximate surface area is 125 Å². The third-order valence-electron chi connectivity index (χ3n) is 3.50. The van der Waals surface area contributed by atoms with Crippen LogP contribution in [-0.2, 0) is 11.2 Å². The van der Waals surface area contributed by atoms with Gasteiger partial charge in [0, 0.05) is 21.3 Å². The maximum Gasteiger partial charge on any atom is 0.228 e. The van der Waals surface area contributed by atoms with Gasteiger partial charge in [-0.05, 0) is 42.3 Å². The normalized spacial score (nSPS) is 13.0. The van der Waals surface area contributed by atoms with Gasteiger partial charge in [0.05, 0.1) is 6.42 Å². The Morgan fingerprint density at radius 2 is 2.05 bits per heavy atom. The molecule has 20 heavy (non-hydrogen) atoms. The van der Waals surface area contributed by atoms with Crippen LogP contribution in [0.4, 0.5) is 5.69 Å². The van der Waals surface area contributed by atoms with Crippen LogP contribution in [0.25, 0.3) is 0 Å². The minimum absolute atomic E-state index is 0.0223. The second-order valence-electron chi connectivity index (χ2n) is 4.84. The first-order valence-corrected chi connectivity index (χ1v) is 7.08. The van der Waals surface area contributed by atoms with E-state index in [-0.39, 0.29) is 11.7 Å². The highest BCUT2D eigenvalue weighted by Crippen LogP contribution is 2.27. The first kappa shape index (κ1) is 13.1. The fraction of sp³-hybridized carbons (Fsp3) is 0.125. The van der Waals surface area contributed by atoms with Crippen molar-refractivity contribution in [1.29, 1.82) is 0 Å². The number of hydrogen-bond acceptors (Lipinski definition) is 2. The molecule has 3 nitrogen and oxygen atoms in total. The SMILES string of the molecule is Cc1c(Br)cccc1C(=O)c1ccc2c(c1)CC(=O)N2. The Morgan fingerprint density at radius 3 is 2.85 bits per heavy atom. The lowest BCUT2D eigenvalue weighted by atomic mass is 9.97. The molecule has 1 aliphatic heterocycles.